The highest BCUT2D eigenvalue weighted by molar-refractivity contribution is 5.84. The summed E-state index contributed by atoms with van der Waals surface area (Å²) in [5.41, 5.74) is 0. The summed E-state index contributed by atoms with van der Waals surface area (Å²) in [6, 6.07) is 0. The average molecular weight is 344 g/mol. The molecular formula is C19H37NO4. The molecule has 1 amide bonds. The molecule has 1 atom stereocenters. The summed E-state index contributed by atoms with van der Waals surface area (Å²) >= 11 is 0. The third-order valence-corrected chi connectivity index (χ3v) is 4.38. The lowest BCUT2D eigenvalue weighted by Gasteiger charge is -2.19. The predicted octanol–water partition coefficient (Wildman–Crippen LogP) is 3.98. The van der Waals surface area contributed by atoms with Crippen LogP contribution in [0.4, 0.5) is 0 Å². The molecule has 24 heavy (non-hydrogen) atoms. The fourth-order valence-corrected chi connectivity index (χ4v) is 2.81. The smallest absolute Gasteiger partial charge is 0.306 e. The van der Waals surface area contributed by atoms with Crippen molar-refractivity contribution in [2.45, 2.75) is 96.5 Å². The molecule has 142 valence electrons. The van der Waals surface area contributed by atoms with Gasteiger partial charge in [-0.25, -0.2) is 0 Å². The van der Waals surface area contributed by atoms with Gasteiger partial charge in [0.2, 0.25) is 0 Å². The normalized spacial score (nSPS) is 12.1. The van der Waals surface area contributed by atoms with Crippen molar-refractivity contribution in [2.24, 2.45) is 0 Å². The van der Waals surface area contributed by atoms with Crippen molar-refractivity contribution < 1.29 is 19.8 Å². The number of aliphatic hydroxyl groups is 1. The van der Waals surface area contributed by atoms with Gasteiger partial charge in [0.15, 0.2) is 0 Å². The quantitative estimate of drug-likeness (QED) is 0.416. The van der Waals surface area contributed by atoms with Crippen LogP contribution in [0, 0.1) is 0 Å². The number of amides is 1. The molecule has 0 spiro atoms. The zero-order chi connectivity index (χ0) is 18.2. The first-order valence-corrected chi connectivity index (χ1v) is 9.63. The van der Waals surface area contributed by atoms with E-state index in [1.165, 1.54) is 69.1 Å². The van der Waals surface area contributed by atoms with Crippen LogP contribution in [0.2, 0.25) is 0 Å². The van der Waals surface area contributed by atoms with Crippen LogP contribution in [-0.4, -0.2) is 46.7 Å². The Morgan fingerprint density at radius 1 is 0.833 bits per heavy atom. The number of carboxylic acids is 1. The van der Waals surface area contributed by atoms with E-state index in [2.05, 4.69) is 6.92 Å². The lowest BCUT2D eigenvalue weighted by molar-refractivity contribution is -0.147. The maximum atomic E-state index is 11.7. The topological polar surface area (TPSA) is 77.8 Å². The van der Waals surface area contributed by atoms with Gasteiger partial charge >= 0.3 is 5.97 Å². The molecule has 5 heteroatoms. The summed E-state index contributed by atoms with van der Waals surface area (Å²) in [4.78, 5) is 23.6. The Labute approximate surface area is 147 Å². The van der Waals surface area contributed by atoms with Crippen molar-refractivity contribution in [3.63, 3.8) is 0 Å². The molecule has 0 saturated carbocycles. The molecule has 5 nitrogen and oxygen atoms in total. The van der Waals surface area contributed by atoms with Gasteiger partial charge in [0, 0.05) is 13.6 Å². The molecule has 2 N–H and O–H groups in total. The van der Waals surface area contributed by atoms with E-state index in [4.69, 9.17) is 5.11 Å². The summed E-state index contributed by atoms with van der Waals surface area (Å²) in [6.45, 7) is 2.82. The Kier molecular flexibility index (Phi) is 14.7. The van der Waals surface area contributed by atoms with Gasteiger partial charge in [0.1, 0.15) is 6.10 Å². The number of nitrogens with zero attached hydrogens (tertiary/aromatic N) is 1. The number of carboxylic acid groups (broad SMARTS) is 1. The maximum Gasteiger partial charge on any atom is 0.306 e. The molecule has 0 aromatic rings. The Hall–Kier alpha value is -1.10. The van der Waals surface area contributed by atoms with Crippen LogP contribution < -0.4 is 0 Å². The van der Waals surface area contributed by atoms with Crippen molar-refractivity contribution in [3.05, 3.63) is 0 Å². The molecule has 0 saturated heterocycles. The van der Waals surface area contributed by atoms with Crippen LogP contribution >= 0.6 is 0 Å². The molecular weight excluding hydrogens is 306 g/mol. The number of rotatable bonds is 16. The van der Waals surface area contributed by atoms with Crippen molar-refractivity contribution in [1.29, 1.82) is 0 Å². The third kappa shape index (κ3) is 13.3. The van der Waals surface area contributed by atoms with E-state index in [1.807, 2.05) is 0 Å². The zero-order valence-electron chi connectivity index (χ0n) is 15.6. The number of likely N-dealkylation sites (N-methyl/N-ethyl adjacent to an activating group) is 1. The number of hydrogen-bond acceptors (Lipinski definition) is 3. The Bertz CT molecular complexity index is 333. The molecule has 0 aromatic heterocycles. The molecule has 0 aliphatic heterocycles. The van der Waals surface area contributed by atoms with E-state index < -0.39 is 24.4 Å². The van der Waals surface area contributed by atoms with Crippen molar-refractivity contribution in [3.8, 4) is 0 Å². The largest absolute Gasteiger partial charge is 0.481 e. The van der Waals surface area contributed by atoms with Gasteiger partial charge in [-0.05, 0) is 6.42 Å². The number of unbranched alkanes of at least 4 members (excludes halogenated alkanes) is 11. The molecule has 1 unspecified atom stereocenters. The van der Waals surface area contributed by atoms with Crippen LogP contribution in [0.3, 0.4) is 0 Å². The van der Waals surface area contributed by atoms with Crippen molar-refractivity contribution in [2.75, 3.05) is 13.6 Å². The fourth-order valence-electron chi connectivity index (χ4n) is 2.81. The minimum absolute atomic E-state index is 0.500. The van der Waals surface area contributed by atoms with E-state index in [0.717, 1.165) is 12.8 Å². The highest BCUT2D eigenvalue weighted by Gasteiger charge is 2.21. The molecule has 0 fully saturated rings. The summed E-state index contributed by atoms with van der Waals surface area (Å²) in [5.74, 6) is -1.66. The summed E-state index contributed by atoms with van der Waals surface area (Å²) in [7, 11) is 1.62. The van der Waals surface area contributed by atoms with E-state index >= 15 is 0 Å². The summed E-state index contributed by atoms with van der Waals surface area (Å²) in [5, 5.41) is 18.1. The second-order valence-corrected chi connectivity index (χ2v) is 6.76. The minimum Gasteiger partial charge on any atom is -0.481 e. The van der Waals surface area contributed by atoms with Gasteiger partial charge in [0.25, 0.3) is 5.91 Å². The molecule has 0 aliphatic rings. The lowest BCUT2D eigenvalue weighted by Crippen LogP contribution is -2.38. The number of carbonyl (C=O) groups is 2. The van der Waals surface area contributed by atoms with Crippen LogP contribution in [-0.2, 0) is 9.59 Å². The van der Waals surface area contributed by atoms with Gasteiger partial charge < -0.3 is 15.1 Å². The molecule has 0 rings (SSSR count). The first kappa shape index (κ1) is 22.9. The lowest BCUT2D eigenvalue weighted by atomic mass is 10.1. The number of carbonyl (C=O) groups excluding carboxylic acids is 1. The SMILES string of the molecule is CCCCCCCCCCCCCCN(C)C(=O)C(O)CC(=O)O. The summed E-state index contributed by atoms with van der Waals surface area (Å²) in [6.07, 6.45) is 13.2. The molecule has 0 radical (unpaired) electrons. The van der Waals surface area contributed by atoms with E-state index in [9.17, 15) is 14.7 Å². The first-order chi connectivity index (χ1) is 11.5. The average Bonchev–Trinajstić information content (AvgIpc) is 2.54. The van der Waals surface area contributed by atoms with Crippen molar-refractivity contribution >= 4 is 11.9 Å². The minimum atomic E-state index is -1.43. The third-order valence-electron chi connectivity index (χ3n) is 4.38. The Morgan fingerprint density at radius 3 is 1.67 bits per heavy atom. The standard InChI is InChI=1S/C19H37NO4/c1-3-4-5-6-7-8-9-10-11-12-13-14-15-20(2)19(24)17(21)16-18(22)23/h17,21H,3-16H2,1-2H3,(H,22,23). The van der Waals surface area contributed by atoms with E-state index in [0.29, 0.717) is 6.54 Å². The molecule has 0 aromatic carbocycles. The number of hydrogen-bond donors (Lipinski definition) is 2. The first-order valence-electron chi connectivity index (χ1n) is 9.63. The van der Waals surface area contributed by atoms with Gasteiger partial charge in [-0.2, -0.15) is 0 Å². The van der Waals surface area contributed by atoms with E-state index in [1.54, 1.807) is 7.05 Å². The van der Waals surface area contributed by atoms with E-state index in [-0.39, 0.29) is 0 Å². The second kappa shape index (κ2) is 15.4. The zero-order valence-corrected chi connectivity index (χ0v) is 15.6. The Balaban J connectivity index is 3.43. The molecule has 0 bridgehead atoms. The van der Waals surface area contributed by atoms with Crippen LogP contribution in [0.25, 0.3) is 0 Å². The number of aliphatic carboxylic acids is 1. The van der Waals surface area contributed by atoms with Crippen LogP contribution in [0.15, 0.2) is 0 Å². The number of aliphatic hydroxyl groups excluding tert-OH is 1. The van der Waals surface area contributed by atoms with Crippen molar-refractivity contribution in [1.82, 2.24) is 4.90 Å². The molecule has 0 aliphatic carbocycles. The summed E-state index contributed by atoms with van der Waals surface area (Å²) < 4.78 is 0. The van der Waals surface area contributed by atoms with Crippen LogP contribution in [0.1, 0.15) is 90.4 Å². The van der Waals surface area contributed by atoms with Crippen LogP contribution in [0.5, 0.6) is 0 Å². The second-order valence-electron chi connectivity index (χ2n) is 6.76. The highest BCUT2D eigenvalue weighted by Crippen LogP contribution is 2.12. The highest BCUT2D eigenvalue weighted by atomic mass is 16.4. The van der Waals surface area contributed by atoms with Gasteiger partial charge in [0.05, 0.1) is 6.42 Å². The maximum absolute atomic E-state index is 11.7. The van der Waals surface area contributed by atoms with Gasteiger partial charge in [-0.15, -0.1) is 0 Å². The fraction of sp³-hybridized carbons (Fsp3) is 0.895. The Morgan fingerprint density at radius 2 is 1.25 bits per heavy atom. The van der Waals surface area contributed by atoms with Gasteiger partial charge in [-0.3, -0.25) is 9.59 Å². The molecule has 0 heterocycles. The van der Waals surface area contributed by atoms with Gasteiger partial charge in [-0.1, -0.05) is 77.6 Å². The monoisotopic (exact) mass is 343 g/mol. The predicted molar refractivity (Wildman–Crippen MR) is 97.0 cm³/mol.